The Balaban J connectivity index is 1.73. The quantitative estimate of drug-likeness (QED) is 0.824. The largest absolute Gasteiger partial charge is 0.394 e. The molecule has 0 aromatic heterocycles. The first-order valence-corrected chi connectivity index (χ1v) is 6.34. The Bertz CT molecular complexity index is 341. The molecule has 100 valence electrons. The van der Waals surface area contributed by atoms with Crippen molar-refractivity contribution in [2.45, 2.75) is 37.8 Å². The topological polar surface area (TPSA) is 58.9 Å². The Kier molecular flexibility index (Phi) is 5.13. The zero-order valence-electron chi connectivity index (χ0n) is 10.4. The van der Waals surface area contributed by atoms with E-state index in [0.29, 0.717) is 26.1 Å². The van der Waals surface area contributed by atoms with Gasteiger partial charge in [-0.1, -0.05) is 30.3 Å². The third kappa shape index (κ3) is 4.07. The van der Waals surface area contributed by atoms with E-state index in [1.54, 1.807) is 0 Å². The summed E-state index contributed by atoms with van der Waals surface area (Å²) in [5.74, 6) is 0. The summed E-state index contributed by atoms with van der Waals surface area (Å²) in [5.41, 5.74) is 1.12. The second-order valence-electron chi connectivity index (χ2n) is 4.69. The normalized spacial score (nSPS) is 28.2. The number of hydrogen-bond acceptors (Lipinski definition) is 4. The maximum Gasteiger partial charge on any atom is 0.0838 e. The van der Waals surface area contributed by atoms with Crippen LogP contribution in [0, 0.1) is 0 Å². The first-order chi connectivity index (χ1) is 8.78. The van der Waals surface area contributed by atoms with Crippen molar-refractivity contribution in [2.24, 2.45) is 0 Å². The lowest BCUT2D eigenvalue weighted by atomic mass is 10.0. The van der Waals surface area contributed by atoms with Crippen LogP contribution in [0.25, 0.3) is 0 Å². The zero-order valence-corrected chi connectivity index (χ0v) is 10.4. The van der Waals surface area contributed by atoms with E-state index < -0.39 is 6.10 Å². The van der Waals surface area contributed by atoms with Crippen molar-refractivity contribution in [2.75, 3.05) is 13.2 Å². The Labute approximate surface area is 107 Å². The van der Waals surface area contributed by atoms with E-state index in [-0.39, 0.29) is 18.8 Å². The summed E-state index contributed by atoms with van der Waals surface area (Å²) in [6, 6.07) is 9.93. The van der Waals surface area contributed by atoms with Gasteiger partial charge in [0.25, 0.3) is 0 Å². The summed E-state index contributed by atoms with van der Waals surface area (Å²) in [6.45, 7) is 0.940. The van der Waals surface area contributed by atoms with Crippen LogP contribution in [0.3, 0.4) is 0 Å². The van der Waals surface area contributed by atoms with Crippen molar-refractivity contribution in [3.63, 3.8) is 0 Å². The molecule has 1 aliphatic heterocycles. The summed E-state index contributed by atoms with van der Waals surface area (Å²) in [6.07, 6.45) is 0.284. The van der Waals surface area contributed by atoms with Crippen molar-refractivity contribution in [1.82, 2.24) is 0 Å². The zero-order chi connectivity index (χ0) is 12.8. The molecule has 0 aliphatic carbocycles. The van der Waals surface area contributed by atoms with Crippen molar-refractivity contribution in [3.05, 3.63) is 35.9 Å². The van der Waals surface area contributed by atoms with Gasteiger partial charge in [-0.15, -0.1) is 0 Å². The number of rotatable bonds is 5. The van der Waals surface area contributed by atoms with Crippen LogP contribution < -0.4 is 0 Å². The van der Waals surface area contributed by atoms with Gasteiger partial charge in [0.2, 0.25) is 0 Å². The van der Waals surface area contributed by atoms with E-state index in [1.165, 1.54) is 0 Å². The van der Waals surface area contributed by atoms with Gasteiger partial charge < -0.3 is 19.7 Å². The highest BCUT2D eigenvalue weighted by molar-refractivity contribution is 5.13. The van der Waals surface area contributed by atoms with E-state index >= 15 is 0 Å². The molecule has 4 nitrogen and oxygen atoms in total. The first-order valence-electron chi connectivity index (χ1n) is 6.34. The number of benzene rings is 1. The van der Waals surface area contributed by atoms with Crippen LogP contribution in [0.15, 0.2) is 30.3 Å². The number of aliphatic hydroxyl groups is 2. The molecule has 18 heavy (non-hydrogen) atoms. The van der Waals surface area contributed by atoms with Gasteiger partial charge in [-0.25, -0.2) is 0 Å². The monoisotopic (exact) mass is 252 g/mol. The van der Waals surface area contributed by atoms with Gasteiger partial charge in [-0.05, 0) is 5.56 Å². The van der Waals surface area contributed by atoms with Gasteiger partial charge in [-0.3, -0.25) is 0 Å². The SMILES string of the molecule is OC[C@@H]1C[C@H](O)C[C@H](COCc2ccccc2)O1. The van der Waals surface area contributed by atoms with Gasteiger partial charge in [0.15, 0.2) is 0 Å². The molecule has 1 aromatic carbocycles. The van der Waals surface area contributed by atoms with Crippen LogP contribution in [0.1, 0.15) is 18.4 Å². The van der Waals surface area contributed by atoms with Gasteiger partial charge in [-0.2, -0.15) is 0 Å². The molecule has 0 radical (unpaired) electrons. The number of ether oxygens (including phenoxy) is 2. The average Bonchev–Trinajstić information content (AvgIpc) is 2.39. The highest BCUT2D eigenvalue weighted by atomic mass is 16.5. The molecule has 2 rings (SSSR count). The lowest BCUT2D eigenvalue weighted by Gasteiger charge is -2.32. The van der Waals surface area contributed by atoms with E-state index in [1.807, 2.05) is 30.3 Å². The summed E-state index contributed by atoms with van der Waals surface area (Å²) >= 11 is 0. The highest BCUT2D eigenvalue weighted by Crippen LogP contribution is 2.20. The minimum atomic E-state index is -0.402. The van der Waals surface area contributed by atoms with Crippen molar-refractivity contribution < 1.29 is 19.7 Å². The molecular formula is C14H20O4. The fraction of sp³-hybridized carbons (Fsp3) is 0.571. The van der Waals surface area contributed by atoms with Gasteiger partial charge in [0.1, 0.15) is 0 Å². The fourth-order valence-corrected chi connectivity index (χ4v) is 2.19. The van der Waals surface area contributed by atoms with Crippen molar-refractivity contribution >= 4 is 0 Å². The minimum Gasteiger partial charge on any atom is -0.394 e. The molecule has 0 unspecified atom stereocenters. The molecule has 4 heteroatoms. The molecule has 0 amide bonds. The molecule has 0 saturated carbocycles. The number of hydrogen-bond donors (Lipinski definition) is 2. The Hall–Kier alpha value is -0.940. The standard InChI is InChI=1S/C14H20O4/c15-8-13-6-12(16)7-14(18-13)10-17-9-11-4-2-1-3-5-11/h1-5,12-16H,6-10H2/t12-,13-,14+/m0/s1. The van der Waals surface area contributed by atoms with Crippen LogP contribution in [0.2, 0.25) is 0 Å². The minimum absolute atomic E-state index is 0.0494. The lowest BCUT2D eigenvalue weighted by molar-refractivity contribution is -0.135. The Morgan fingerprint density at radius 3 is 2.61 bits per heavy atom. The van der Waals surface area contributed by atoms with E-state index in [9.17, 15) is 5.11 Å². The molecule has 1 saturated heterocycles. The number of aliphatic hydroxyl groups excluding tert-OH is 2. The van der Waals surface area contributed by atoms with Gasteiger partial charge in [0.05, 0.1) is 38.1 Å². The predicted octanol–water partition coefficient (Wildman–Crippen LogP) is 1.10. The molecule has 1 aliphatic rings. The van der Waals surface area contributed by atoms with Crippen molar-refractivity contribution in [1.29, 1.82) is 0 Å². The molecule has 1 heterocycles. The molecule has 0 bridgehead atoms. The van der Waals surface area contributed by atoms with Crippen LogP contribution in [-0.2, 0) is 16.1 Å². The third-order valence-electron chi connectivity index (χ3n) is 3.07. The predicted molar refractivity (Wildman–Crippen MR) is 67.1 cm³/mol. The van der Waals surface area contributed by atoms with Crippen LogP contribution in [0.5, 0.6) is 0 Å². The summed E-state index contributed by atoms with van der Waals surface area (Å²) in [5, 5.41) is 18.7. The second kappa shape index (κ2) is 6.85. The summed E-state index contributed by atoms with van der Waals surface area (Å²) in [4.78, 5) is 0. The smallest absolute Gasteiger partial charge is 0.0838 e. The first kappa shape index (κ1) is 13.5. The van der Waals surface area contributed by atoms with Crippen LogP contribution >= 0.6 is 0 Å². The summed E-state index contributed by atoms with van der Waals surface area (Å²) in [7, 11) is 0. The maximum absolute atomic E-state index is 9.65. The van der Waals surface area contributed by atoms with Crippen molar-refractivity contribution in [3.8, 4) is 0 Å². The molecule has 1 aromatic rings. The summed E-state index contributed by atoms with van der Waals surface area (Å²) < 4.78 is 11.2. The van der Waals surface area contributed by atoms with Gasteiger partial charge >= 0.3 is 0 Å². The molecule has 0 spiro atoms. The molecule has 3 atom stereocenters. The molecule has 2 N–H and O–H groups in total. The third-order valence-corrected chi connectivity index (χ3v) is 3.07. The lowest BCUT2D eigenvalue weighted by Crippen LogP contribution is -2.39. The maximum atomic E-state index is 9.65. The highest BCUT2D eigenvalue weighted by Gasteiger charge is 2.27. The van der Waals surface area contributed by atoms with E-state index in [2.05, 4.69) is 0 Å². The Morgan fingerprint density at radius 1 is 1.17 bits per heavy atom. The van der Waals surface area contributed by atoms with Crippen LogP contribution in [0.4, 0.5) is 0 Å². The second-order valence-corrected chi connectivity index (χ2v) is 4.69. The Morgan fingerprint density at radius 2 is 1.89 bits per heavy atom. The fourth-order valence-electron chi connectivity index (χ4n) is 2.19. The molecule has 1 fully saturated rings. The average molecular weight is 252 g/mol. The van der Waals surface area contributed by atoms with E-state index in [0.717, 1.165) is 5.56 Å². The molecular weight excluding hydrogens is 232 g/mol. The van der Waals surface area contributed by atoms with Gasteiger partial charge in [0, 0.05) is 12.8 Å². The van der Waals surface area contributed by atoms with Crippen LogP contribution in [-0.4, -0.2) is 41.7 Å². The van der Waals surface area contributed by atoms with E-state index in [4.69, 9.17) is 14.6 Å².